The van der Waals surface area contributed by atoms with Crippen molar-refractivity contribution in [2.75, 3.05) is 5.75 Å². The highest BCUT2D eigenvalue weighted by atomic mass is 32.2. The summed E-state index contributed by atoms with van der Waals surface area (Å²) in [7, 11) is 0. The SMILES string of the molecule is O=C(CSc1nnc(-c2cccnc2)n1C1CC1)N1N=C(c2ccco2)C[C@@H]1c1ccco1. The van der Waals surface area contributed by atoms with Gasteiger partial charge >= 0.3 is 0 Å². The van der Waals surface area contributed by atoms with Crippen molar-refractivity contribution in [2.24, 2.45) is 5.10 Å². The van der Waals surface area contributed by atoms with Crippen LogP contribution in [0.5, 0.6) is 0 Å². The summed E-state index contributed by atoms with van der Waals surface area (Å²) in [5, 5.41) is 15.6. The van der Waals surface area contributed by atoms with Crippen LogP contribution in [-0.2, 0) is 4.79 Å². The summed E-state index contributed by atoms with van der Waals surface area (Å²) < 4.78 is 13.2. The number of hydrogen-bond acceptors (Lipinski definition) is 8. The third kappa shape index (κ3) is 3.86. The van der Waals surface area contributed by atoms with Crippen molar-refractivity contribution in [1.82, 2.24) is 24.8 Å². The number of hydrazone groups is 1. The summed E-state index contributed by atoms with van der Waals surface area (Å²) >= 11 is 1.38. The lowest BCUT2D eigenvalue weighted by Gasteiger charge is -2.19. The fourth-order valence-electron chi connectivity index (χ4n) is 3.96. The molecule has 1 saturated carbocycles. The Hall–Kier alpha value is -3.66. The minimum atomic E-state index is -0.305. The number of amides is 1. The van der Waals surface area contributed by atoms with Crippen molar-refractivity contribution in [2.45, 2.75) is 36.5 Å². The van der Waals surface area contributed by atoms with Crippen LogP contribution in [0.1, 0.15) is 42.9 Å². The average Bonchev–Trinajstić information content (AvgIpc) is 3.34. The molecule has 9 nitrogen and oxygen atoms in total. The number of rotatable bonds is 7. The number of pyridine rings is 1. The van der Waals surface area contributed by atoms with Crippen LogP contribution in [0.25, 0.3) is 11.4 Å². The van der Waals surface area contributed by atoms with Crippen molar-refractivity contribution in [3.63, 3.8) is 0 Å². The maximum Gasteiger partial charge on any atom is 0.253 e. The molecule has 0 N–H and O–H groups in total. The summed E-state index contributed by atoms with van der Waals surface area (Å²) in [6, 6.07) is 11.2. The molecule has 6 rings (SSSR count). The van der Waals surface area contributed by atoms with Crippen LogP contribution in [0, 0.1) is 0 Å². The second-order valence-corrected chi connectivity index (χ2v) is 8.88. The number of hydrogen-bond donors (Lipinski definition) is 0. The van der Waals surface area contributed by atoms with E-state index in [4.69, 9.17) is 8.83 Å². The Kier molecular flexibility index (Phi) is 5.06. The van der Waals surface area contributed by atoms with E-state index in [-0.39, 0.29) is 17.7 Å². The van der Waals surface area contributed by atoms with Crippen LogP contribution < -0.4 is 0 Å². The highest BCUT2D eigenvalue weighted by Gasteiger charge is 2.36. The third-order valence-electron chi connectivity index (χ3n) is 5.66. The Bertz CT molecular complexity index is 1280. The zero-order chi connectivity index (χ0) is 22.2. The van der Waals surface area contributed by atoms with Crippen LogP contribution >= 0.6 is 11.8 Å². The van der Waals surface area contributed by atoms with Gasteiger partial charge in [0.25, 0.3) is 5.91 Å². The first-order chi connectivity index (χ1) is 16.3. The molecule has 1 fully saturated rings. The highest BCUT2D eigenvalue weighted by Crippen LogP contribution is 2.41. The van der Waals surface area contributed by atoms with E-state index in [1.54, 1.807) is 24.9 Å². The van der Waals surface area contributed by atoms with E-state index < -0.39 is 0 Å². The molecule has 0 spiro atoms. The largest absolute Gasteiger partial charge is 0.467 e. The normalized spacial score (nSPS) is 18.0. The maximum atomic E-state index is 13.3. The lowest BCUT2D eigenvalue weighted by Crippen LogP contribution is -2.28. The summed E-state index contributed by atoms with van der Waals surface area (Å²) in [5.74, 6) is 2.19. The standard InChI is InChI=1S/C23H20N6O3S/c30-21(29-18(20-6-3-11-32-20)12-17(27-29)19-5-2-10-31-19)14-33-23-26-25-22(28(23)16-7-8-16)15-4-1-9-24-13-15/h1-6,9-11,13,16,18H,7-8,12,14H2/t18-/m1/s1. The van der Waals surface area contributed by atoms with Gasteiger partial charge in [0.15, 0.2) is 11.0 Å². The van der Waals surface area contributed by atoms with E-state index in [9.17, 15) is 4.79 Å². The van der Waals surface area contributed by atoms with Gasteiger partial charge in [0.2, 0.25) is 0 Å². The molecule has 0 radical (unpaired) electrons. The summed E-state index contributed by atoms with van der Waals surface area (Å²) in [6.07, 6.45) is 9.41. The minimum Gasteiger partial charge on any atom is -0.467 e. The van der Waals surface area contributed by atoms with Gasteiger partial charge < -0.3 is 8.83 Å². The summed E-state index contributed by atoms with van der Waals surface area (Å²) in [4.78, 5) is 17.5. The molecule has 33 heavy (non-hydrogen) atoms. The van der Waals surface area contributed by atoms with Crippen molar-refractivity contribution < 1.29 is 13.6 Å². The molecule has 1 atom stereocenters. The molecule has 10 heteroatoms. The predicted octanol–water partition coefficient (Wildman–Crippen LogP) is 4.33. The van der Waals surface area contributed by atoms with Crippen LogP contribution in [-0.4, -0.2) is 42.1 Å². The summed E-state index contributed by atoms with van der Waals surface area (Å²) in [6.45, 7) is 0. The van der Waals surface area contributed by atoms with Gasteiger partial charge in [0.05, 0.1) is 18.3 Å². The van der Waals surface area contributed by atoms with E-state index >= 15 is 0 Å². The maximum absolute atomic E-state index is 13.3. The van der Waals surface area contributed by atoms with Gasteiger partial charge in [0, 0.05) is 30.4 Å². The van der Waals surface area contributed by atoms with Crippen LogP contribution in [0.3, 0.4) is 0 Å². The van der Waals surface area contributed by atoms with E-state index in [1.165, 1.54) is 16.8 Å². The lowest BCUT2D eigenvalue weighted by molar-refractivity contribution is -0.130. The van der Waals surface area contributed by atoms with Crippen molar-refractivity contribution in [3.05, 3.63) is 72.8 Å². The first-order valence-electron chi connectivity index (χ1n) is 10.7. The Balaban J connectivity index is 1.23. The second kappa shape index (κ2) is 8.36. The van der Waals surface area contributed by atoms with Gasteiger partial charge in [-0.15, -0.1) is 10.2 Å². The number of thioether (sulfide) groups is 1. The topological polar surface area (TPSA) is 103 Å². The van der Waals surface area contributed by atoms with Crippen LogP contribution in [0.4, 0.5) is 0 Å². The van der Waals surface area contributed by atoms with Gasteiger partial charge in [-0.1, -0.05) is 11.8 Å². The first-order valence-corrected chi connectivity index (χ1v) is 11.7. The van der Waals surface area contributed by atoms with Gasteiger partial charge in [0.1, 0.15) is 23.3 Å². The molecule has 1 amide bonds. The molecule has 2 aliphatic rings. The number of nitrogens with zero attached hydrogens (tertiary/aromatic N) is 6. The van der Waals surface area contributed by atoms with E-state index in [0.717, 1.165) is 35.1 Å². The molecule has 0 bridgehead atoms. The van der Waals surface area contributed by atoms with Gasteiger partial charge in [-0.25, -0.2) is 5.01 Å². The summed E-state index contributed by atoms with van der Waals surface area (Å²) in [5.41, 5.74) is 1.64. The van der Waals surface area contributed by atoms with Gasteiger partial charge in [-0.05, 0) is 49.2 Å². The lowest BCUT2D eigenvalue weighted by atomic mass is 10.1. The average molecular weight is 461 g/mol. The number of furan rings is 2. The molecule has 4 aromatic rings. The molecule has 5 heterocycles. The number of carbonyl (C=O) groups excluding carboxylic acids is 1. The number of aromatic nitrogens is 4. The van der Waals surface area contributed by atoms with Crippen LogP contribution in [0.15, 0.2) is 80.4 Å². The molecule has 1 aliphatic heterocycles. The predicted molar refractivity (Wildman–Crippen MR) is 120 cm³/mol. The fraction of sp³-hybridized carbons (Fsp3) is 0.261. The fourth-order valence-corrected chi connectivity index (χ4v) is 4.81. The molecule has 166 valence electrons. The molecule has 0 saturated heterocycles. The molecular formula is C23H20N6O3S. The molecule has 4 aromatic heterocycles. The quantitative estimate of drug-likeness (QED) is 0.378. The zero-order valence-corrected chi connectivity index (χ0v) is 18.4. The Morgan fingerprint density at radius 3 is 2.70 bits per heavy atom. The Morgan fingerprint density at radius 1 is 1.09 bits per heavy atom. The van der Waals surface area contributed by atoms with Crippen LogP contribution in [0.2, 0.25) is 0 Å². The number of carbonyl (C=O) groups is 1. The smallest absolute Gasteiger partial charge is 0.253 e. The molecular weight excluding hydrogens is 440 g/mol. The minimum absolute atomic E-state index is 0.128. The van der Waals surface area contributed by atoms with Crippen molar-refractivity contribution in [1.29, 1.82) is 0 Å². The molecule has 0 aromatic carbocycles. The monoisotopic (exact) mass is 460 g/mol. The van der Waals surface area contributed by atoms with E-state index in [1.807, 2.05) is 36.4 Å². The zero-order valence-electron chi connectivity index (χ0n) is 17.6. The highest BCUT2D eigenvalue weighted by molar-refractivity contribution is 7.99. The molecule has 1 aliphatic carbocycles. The second-order valence-electron chi connectivity index (χ2n) is 7.94. The molecule has 0 unspecified atom stereocenters. The van der Waals surface area contributed by atoms with Crippen molar-refractivity contribution in [3.8, 4) is 11.4 Å². The van der Waals surface area contributed by atoms with Gasteiger partial charge in [-0.2, -0.15) is 5.10 Å². The van der Waals surface area contributed by atoms with Crippen molar-refractivity contribution >= 4 is 23.4 Å². The first kappa shape index (κ1) is 20.0. The van der Waals surface area contributed by atoms with Gasteiger partial charge in [-0.3, -0.25) is 14.3 Å². The van der Waals surface area contributed by atoms with E-state index in [0.29, 0.717) is 24.0 Å². The van der Waals surface area contributed by atoms with E-state index in [2.05, 4.69) is 24.8 Å². The Labute approximate surface area is 193 Å². The third-order valence-corrected chi connectivity index (χ3v) is 6.59. The Morgan fingerprint density at radius 2 is 1.97 bits per heavy atom.